The monoisotopic (exact) mass is 701 g/mol. The van der Waals surface area contributed by atoms with Gasteiger partial charge in [0.15, 0.2) is 9.84 Å². The van der Waals surface area contributed by atoms with Gasteiger partial charge < -0.3 is 31.7 Å². The smallest absolute Gasteiger partial charge is 0.315 e. The van der Waals surface area contributed by atoms with E-state index in [1.54, 1.807) is 20.8 Å². The first kappa shape index (κ1) is 36.6. The largest absolute Gasteiger partial charge is 0.508 e. The van der Waals surface area contributed by atoms with Gasteiger partial charge in [0.25, 0.3) is 5.91 Å². The first-order valence-corrected chi connectivity index (χ1v) is 19.0. The van der Waals surface area contributed by atoms with E-state index in [2.05, 4.69) is 16.0 Å². The molecule has 0 radical (unpaired) electrons. The molecule has 270 valence electrons. The van der Waals surface area contributed by atoms with Crippen LogP contribution in [0.5, 0.6) is 5.75 Å². The van der Waals surface area contributed by atoms with Crippen LogP contribution in [0.4, 0.5) is 4.79 Å². The van der Waals surface area contributed by atoms with Gasteiger partial charge in [-0.2, -0.15) is 0 Å². The van der Waals surface area contributed by atoms with Gasteiger partial charge in [-0.15, -0.1) is 0 Å². The second-order valence-corrected chi connectivity index (χ2v) is 18.3. The third kappa shape index (κ3) is 7.89. The Bertz CT molecular complexity index is 1610. The van der Waals surface area contributed by atoms with Crippen molar-refractivity contribution < 1.29 is 37.5 Å². The minimum atomic E-state index is -3.90. The van der Waals surface area contributed by atoms with Crippen LogP contribution in [0.3, 0.4) is 0 Å². The summed E-state index contributed by atoms with van der Waals surface area (Å²) in [4.78, 5) is 68.0. The molecular formula is C35H51N5O8S. The maximum atomic E-state index is 14.4. The van der Waals surface area contributed by atoms with Gasteiger partial charge in [-0.3, -0.25) is 19.2 Å². The van der Waals surface area contributed by atoms with Crippen molar-refractivity contribution in [1.82, 2.24) is 20.9 Å². The number of Topliss-reactive ketones (excluding diaryl/α,β-unsaturated/α-hetero) is 1. The van der Waals surface area contributed by atoms with Crippen LogP contribution < -0.4 is 21.7 Å². The van der Waals surface area contributed by atoms with Crippen molar-refractivity contribution in [3.8, 4) is 5.75 Å². The highest BCUT2D eigenvalue weighted by atomic mass is 32.2. The van der Waals surface area contributed by atoms with Crippen molar-refractivity contribution in [2.75, 3.05) is 12.3 Å². The van der Waals surface area contributed by atoms with Gasteiger partial charge in [0.1, 0.15) is 17.8 Å². The van der Waals surface area contributed by atoms with E-state index < -0.39 is 68.5 Å². The van der Waals surface area contributed by atoms with Gasteiger partial charge in [0, 0.05) is 6.54 Å². The summed E-state index contributed by atoms with van der Waals surface area (Å²) in [5.74, 6) is -3.45. The number of nitrogens with zero attached hydrogens (tertiary/aromatic N) is 1. The van der Waals surface area contributed by atoms with Crippen molar-refractivity contribution >= 4 is 39.4 Å². The number of likely N-dealkylation sites (tertiary alicyclic amines) is 1. The highest BCUT2D eigenvalue weighted by Gasteiger charge is 2.70. The molecule has 0 bridgehead atoms. The van der Waals surface area contributed by atoms with Gasteiger partial charge in [-0.05, 0) is 66.0 Å². The zero-order valence-electron chi connectivity index (χ0n) is 29.1. The lowest BCUT2D eigenvalue weighted by molar-refractivity contribution is -0.145. The van der Waals surface area contributed by atoms with Gasteiger partial charge in [0.2, 0.25) is 17.6 Å². The molecule has 4 fully saturated rings. The summed E-state index contributed by atoms with van der Waals surface area (Å²) >= 11 is 0. The fourth-order valence-corrected chi connectivity index (χ4v) is 9.88. The van der Waals surface area contributed by atoms with E-state index in [1.165, 1.54) is 29.2 Å². The Morgan fingerprint density at radius 1 is 1.04 bits per heavy atom. The molecule has 0 spiro atoms. The third-order valence-electron chi connectivity index (χ3n) is 11.1. The quantitative estimate of drug-likeness (QED) is 0.204. The number of amides is 5. The Labute approximate surface area is 288 Å². The van der Waals surface area contributed by atoms with E-state index in [1.807, 2.05) is 13.8 Å². The van der Waals surface area contributed by atoms with Crippen molar-refractivity contribution in [3.63, 3.8) is 0 Å². The van der Waals surface area contributed by atoms with Crippen LogP contribution >= 0.6 is 0 Å². The number of piperidine rings is 1. The SMILES string of the molecule is CC(C)(C)[C@H](NC(=O)NC1(CS(=O)(=O)c2cccc(O)c2)CCCCC1)C(=O)N1CC2[C@@H]([C@H]1C(=O)NC(CC1CC1)C(=O)C(N)=O)C2(C)C. The molecule has 2 unspecified atom stereocenters. The Balaban J connectivity index is 1.35. The average Bonchev–Trinajstić information content (AvgIpc) is 3.85. The number of carbonyl (C=O) groups is 5. The number of urea groups is 1. The molecule has 5 rings (SSSR count). The number of ketones is 1. The Morgan fingerprint density at radius 2 is 1.69 bits per heavy atom. The average molecular weight is 702 g/mol. The number of nitrogens with one attached hydrogen (secondary N) is 3. The number of primary amides is 1. The number of phenols is 1. The molecule has 13 nitrogen and oxygen atoms in total. The Morgan fingerprint density at radius 3 is 2.27 bits per heavy atom. The fourth-order valence-electron chi connectivity index (χ4n) is 8.04. The van der Waals surface area contributed by atoms with Crippen LogP contribution in [0.2, 0.25) is 0 Å². The van der Waals surface area contributed by atoms with Gasteiger partial charge >= 0.3 is 6.03 Å². The number of rotatable bonds is 12. The number of hydrogen-bond donors (Lipinski definition) is 5. The summed E-state index contributed by atoms with van der Waals surface area (Å²) in [6.07, 6.45) is 5.26. The summed E-state index contributed by atoms with van der Waals surface area (Å²) < 4.78 is 27.0. The lowest BCUT2D eigenvalue weighted by Crippen LogP contribution is -2.63. The molecule has 5 atom stereocenters. The van der Waals surface area contributed by atoms with E-state index >= 15 is 0 Å². The number of hydrogen-bond acceptors (Lipinski definition) is 8. The van der Waals surface area contributed by atoms with Crippen LogP contribution in [0.25, 0.3) is 0 Å². The predicted molar refractivity (Wildman–Crippen MR) is 181 cm³/mol. The van der Waals surface area contributed by atoms with E-state index in [-0.39, 0.29) is 46.1 Å². The predicted octanol–water partition coefficient (Wildman–Crippen LogP) is 2.41. The molecule has 3 aliphatic carbocycles. The Hall–Kier alpha value is -3.68. The number of phenolic OH excluding ortho intramolecular Hbond substituents is 1. The molecule has 14 heteroatoms. The van der Waals surface area contributed by atoms with E-state index in [0.29, 0.717) is 32.1 Å². The minimum absolute atomic E-state index is 0.0310. The first-order chi connectivity index (χ1) is 22.8. The normalized spacial score (nSPS) is 25.3. The highest BCUT2D eigenvalue weighted by Crippen LogP contribution is 2.65. The molecule has 1 aromatic carbocycles. The number of fused-ring (bicyclic) bond motifs is 1. The number of nitrogens with two attached hydrogens (primary N) is 1. The molecule has 1 heterocycles. The van der Waals surface area contributed by atoms with Gasteiger partial charge in [-0.25, -0.2) is 13.2 Å². The molecule has 5 amide bonds. The van der Waals surface area contributed by atoms with Crippen molar-refractivity contribution in [2.45, 2.75) is 115 Å². The number of aromatic hydroxyl groups is 1. The maximum absolute atomic E-state index is 14.4. The van der Waals surface area contributed by atoms with Gasteiger partial charge in [0.05, 0.1) is 22.2 Å². The zero-order chi connectivity index (χ0) is 36.1. The molecule has 49 heavy (non-hydrogen) atoms. The maximum Gasteiger partial charge on any atom is 0.315 e. The standard InChI is InChI=1S/C35H51N5O8S/c1-33(2,3)28(38-32(46)39-35(14-7-6-8-15-35)19-49(47,48)22-11-9-10-21(41)17-22)31(45)40-18-23-25(34(23,4)5)26(40)30(44)37-24(16-20-12-13-20)27(42)29(36)43/h9-11,17,20,23-26,28,41H,6-8,12-16,18-19H2,1-5H3,(H2,36,43)(H,37,44)(H2,38,39,46)/t23?,24?,25-,26-,28+/m0/s1. The number of benzene rings is 1. The van der Waals surface area contributed by atoms with Crippen LogP contribution in [-0.2, 0) is 29.0 Å². The first-order valence-electron chi connectivity index (χ1n) is 17.3. The van der Waals surface area contributed by atoms with E-state index in [0.717, 1.165) is 19.3 Å². The molecular weight excluding hydrogens is 650 g/mol. The molecule has 1 aromatic rings. The molecule has 4 aliphatic rings. The summed E-state index contributed by atoms with van der Waals surface area (Å²) in [6, 6.07) is 1.68. The topological polar surface area (TPSA) is 205 Å². The second-order valence-electron chi connectivity index (χ2n) is 16.4. The number of sulfone groups is 1. The third-order valence-corrected chi connectivity index (χ3v) is 13.0. The zero-order valence-corrected chi connectivity index (χ0v) is 29.9. The van der Waals surface area contributed by atoms with E-state index in [9.17, 15) is 37.5 Å². The van der Waals surface area contributed by atoms with Gasteiger partial charge in [-0.1, -0.05) is 72.8 Å². The molecule has 3 saturated carbocycles. The summed E-state index contributed by atoms with van der Waals surface area (Å²) in [5, 5.41) is 18.4. The van der Waals surface area contributed by atoms with Crippen LogP contribution in [-0.4, -0.2) is 83.9 Å². The van der Waals surface area contributed by atoms with Crippen LogP contribution in [0, 0.1) is 28.6 Å². The Kier molecular flexibility index (Phi) is 9.87. The van der Waals surface area contributed by atoms with Crippen molar-refractivity contribution in [1.29, 1.82) is 0 Å². The lowest BCUT2D eigenvalue weighted by Gasteiger charge is -2.40. The summed E-state index contributed by atoms with van der Waals surface area (Å²) in [7, 11) is -3.90. The number of carbonyl (C=O) groups excluding carboxylic acids is 5. The fraction of sp³-hybridized carbons (Fsp3) is 0.686. The molecule has 1 saturated heterocycles. The summed E-state index contributed by atoms with van der Waals surface area (Å²) in [6.45, 7) is 9.74. The highest BCUT2D eigenvalue weighted by molar-refractivity contribution is 7.91. The molecule has 6 N–H and O–H groups in total. The molecule has 0 aromatic heterocycles. The van der Waals surface area contributed by atoms with Crippen LogP contribution in [0.1, 0.15) is 86.0 Å². The van der Waals surface area contributed by atoms with Crippen LogP contribution in [0.15, 0.2) is 29.2 Å². The summed E-state index contributed by atoms with van der Waals surface area (Å²) in [5.41, 5.74) is 3.18. The minimum Gasteiger partial charge on any atom is -0.508 e. The van der Waals surface area contributed by atoms with Crippen molar-refractivity contribution in [2.24, 2.45) is 34.3 Å². The van der Waals surface area contributed by atoms with E-state index in [4.69, 9.17) is 5.73 Å². The second kappa shape index (κ2) is 13.2. The van der Waals surface area contributed by atoms with Crippen molar-refractivity contribution in [3.05, 3.63) is 24.3 Å². The molecule has 1 aliphatic heterocycles. The lowest BCUT2D eigenvalue weighted by atomic mass is 9.83.